The summed E-state index contributed by atoms with van der Waals surface area (Å²) in [5, 5.41) is 3.62. The van der Waals surface area contributed by atoms with Gasteiger partial charge in [-0.3, -0.25) is 4.79 Å². The van der Waals surface area contributed by atoms with Gasteiger partial charge in [0.2, 0.25) is 5.91 Å². The van der Waals surface area contributed by atoms with E-state index in [-0.39, 0.29) is 18.3 Å². The van der Waals surface area contributed by atoms with Crippen LogP contribution in [0.25, 0.3) is 10.9 Å². The molecule has 1 heterocycles. The number of rotatable bonds is 3. The van der Waals surface area contributed by atoms with Crippen LogP contribution in [0.5, 0.6) is 0 Å². The van der Waals surface area contributed by atoms with Crippen molar-refractivity contribution in [3.8, 4) is 0 Å². The average Bonchev–Trinajstić information content (AvgIpc) is 2.81. The highest BCUT2D eigenvalue weighted by Crippen LogP contribution is 2.18. The van der Waals surface area contributed by atoms with Crippen LogP contribution in [0.15, 0.2) is 59.2 Å². The number of carbonyl (C=O) groups excluding carboxylic acids is 1. The number of hydrogen-bond donors (Lipinski definition) is 1. The van der Waals surface area contributed by atoms with E-state index >= 15 is 0 Å². The highest BCUT2D eigenvalue weighted by atomic mass is 79.9. The zero-order chi connectivity index (χ0) is 14.8. The van der Waals surface area contributed by atoms with Gasteiger partial charge in [0.05, 0.1) is 0 Å². The van der Waals surface area contributed by atoms with Gasteiger partial charge in [-0.2, -0.15) is 0 Å². The van der Waals surface area contributed by atoms with Crippen LogP contribution in [-0.2, 0) is 11.3 Å². The van der Waals surface area contributed by atoms with Crippen LogP contribution in [0.4, 0.5) is 10.1 Å². The first-order chi connectivity index (χ1) is 10.1. The minimum absolute atomic E-state index is 0.130. The monoisotopic (exact) mass is 346 g/mol. The third kappa shape index (κ3) is 3.13. The van der Waals surface area contributed by atoms with Crippen LogP contribution in [0, 0.1) is 5.82 Å². The van der Waals surface area contributed by atoms with Crippen molar-refractivity contribution in [1.82, 2.24) is 4.57 Å². The largest absolute Gasteiger partial charge is 0.338 e. The van der Waals surface area contributed by atoms with Crippen LogP contribution in [0.3, 0.4) is 0 Å². The highest BCUT2D eigenvalue weighted by molar-refractivity contribution is 9.10. The summed E-state index contributed by atoms with van der Waals surface area (Å²) in [6, 6.07) is 13.7. The van der Waals surface area contributed by atoms with Crippen LogP contribution in [0.1, 0.15) is 0 Å². The minimum Gasteiger partial charge on any atom is -0.338 e. The van der Waals surface area contributed by atoms with Crippen molar-refractivity contribution in [1.29, 1.82) is 0 Å². The molecular formula is C16H12BrFN2O. The molecule has 3 aromatic rings. The number of hydrogen-bond acceptors (Lipinski definition) is 1. The van der Waals surface area contributed by atoms with E-state index in [1.54, 1.807) is 22.9 Å². The number of anilines is 1. The highest BCUT2D eigenvalue weighted by Gasteiger charge is 2.07. The molecule has 0 saturated carbocycles. The lowest BCUT2D eigenvalue weighted by atomic mass is 10.2. The van der Waals surface area contributed by atoms with Crippen LogP contribution >= 0.6 is 15.9 Å². The Morgan fingerprint density at radius 3 is 2.86 bits per heavy atom. The van der Waals surface area contributed by atoms with E-state index in [0.717, 1.165) is 21.1 Å². The molecule has 21 heavy (non-hydrogen) atoms. The summed E-state index contributed by atoms with van der Waals surface area (Å²) in [7, 11) is 0. The molecule has 1 amide bonds. The third-order valence-corrected chi connectivity index (χ3v) is 3.65. The summed E-state index contributed by atoms with van der Waals surface area (Å²) in [5.41, 5.74) is 1.57. The van der Waals surface area contributed by atoms with E-state index in [1.807, 2.05) is 24.3 Å². The second-order valence-corrected chi connectivity index (χ2v) is 5.62. The molecule has 0 aliphatic carbocycles. The fraction of sp³-hybridized carbons (Fsp3) is 0.0625. The fourth-order valence-corrected chi connectivity index (χ4v) is 2.63. The Balaban J connectivity index is 1.77. The molecule has 1 N–H and O–H groups in total. The molecule has 0 unspecified atom stereocenters. The predicted octanol–water partition coefficient (Wildman–Crippen LogP) is 4.18. The lowest BCUT2D eigenvalue weighted by molar-refractivity contribution is -0.116. The van der Waals surface area contributed by atoms with Gasteiger partial charge in [-0.25, -0.2) is 4.39 Å². The summed E-state index contributed by atoms with van der Waals surface area (Å²) >= 11 is 3.36. The Labute approximate surface area is 129 Å². The molecule has 0 saturated heterocycles. The van der Waals surface area contributed by atoms with E-state index in [9.17, 15) is 9.18 Å². The lowest BCUT2D eigenvalue weighted by Gasteiger charge is -2.08. The maximum atomic E-state index is 13.1. The molecule has 5 heteroatoms. The number of aromatic nitrogens is 1. The molecule has 0 atom stereocenters. The number of halogens is 2. The van der Waals surface area contributed by atoms with Gasteiger partial charge in [-0.05, 0) is 42.5 Å². The standard InChI is InChI=1S/C16H12BrFN2O/c17-12-2-1-3-14(9-12)19-16(21)10-20-7-6-11-8-13(18)4-5-15(11)20/h1-9H,10H2,(H,19,21). The second-order valence-electron chi connectivity index (χ2n) is 4.71. The van der Waals surface area contributed by atoms with Crippen molar-refractivity contribution in [2.75, 3.05) is 5.32 Å². The molecule has 0 bridgehead atoms. The van der Waals surface area contributed by atoms with Gasteiger partial charge >= 0.3 is 0 Å². The Bertz CT molecular complexity index is 813. The zero-order valence-corrected chi connectivity index (χ0v) is 12.6. The number of amides is 1. The molecule has 3 rings (SSSR count). The van der Waals surface area contributed by atoms with Gasteiger partial charge in [0.1, 0.15) is 12.4 Å². The first-order valence-electron chi connectivity index (χ1n) is 6.42. The first-order valence-corrected chi connectivity index (χ1v) is 7.21. The summed E-state index contributed by atoms with van der Waals surface area (Å²) < 4.78 is 15.8. The van der Waals surface area contributed by atoms with E-state index in [1.165, 1.54) is 12.1 Å². The van der Waals surface area contributed by atoms with E-state index in [4.69, 9.17) is 0 Å². The molecule has 0 aliphatic rings. The van der Waals surface area contributed by atoms with Crippen molar-refractivity contribution in [2.24, 2.45) is 0 Å². The maximum absolute atomic E-state index is 13.1. The summed E-state index contributed by atoms with van der Waals surface area (Å²) in [6.07, 6.45) is 1.78. The van der Waals surface area contributed by atoms with Crippen LogP contribution in [0.2, 0.25) is 0 Å². The van der Waals surface area contributed by atoms with Crippen molar-refractivity contribution < 1.29 is 9.18 Å². The van der Waals surface area contributed by atoms with Crippen molar-refractivity contribution in [2.45, 2.75) is 6.54 Å². The number of nitrogens with zero attached hydrogens (tertiary/aromatic N) is 1. The predicted molar refractivity (Wildman–Crippen MR) is 84.7 cm³/mol. The molecule has 106 valence electrons. The quantitative estimate of drug-likeness (QED) is 0.758. The molecule has 0 radical (unpaired) electrons. The molecule has 0 fully saturated rings. The van der Waals surface area contributed by atoms with Gasteiger partial charge in [0.25, 0.3) is 0 Å². The molecule has 3 nitrogen and oxygen atoms in total. The van der Waals surface area contributed by atoms with Crippen LogP contribution in [-0.4, -0.2) is 10.5 Å². The smallest absolute Gasteiger partial charge is 0.244 e. The number of benzene rings is 2. The SMILES string of the molecule is O=C(Cn1ccc2cc(F)ccc21)Nc1cccc(Br)c1. The molecule has 0 aliphatic heterocycles. The normalized spacial score (nSPS) is 10.8. The first kappa shape index (κ1) is 13.8. The second kappa shape index (κ2) is 5.69. The molecule has 1 aromatic heterocycles. The van der Waals surface area contributed by atoms with E-state index in [0.29, 0.717) is 0 Å². The number of fused-ring (bicyclic) bond motifs is 1. The van der Waals surface area contributed by atoms with Gasteiger partial charge in [-0.1, -0.05) is 22.0 Å². The van der Waals surface area contributed by atoms with E-state index < -0.39 is 0 Å². The maximum Gasteiger partial charge on any atom is 0.244 e. The Hall–Kier alpha value is -2.14. The minimum atomic E-state index is -0.279. The number of carbonyl (C=O) groups is 1. The van der Waals surface area contributed by atoms with Crippen LogP contribution < -0.4 is 5.32 Å². The van der Waals surface area contributed by atoms with Gasteiger partial charge in [0.15, 0.2) is 0 Å². The van der Waals surface area contributed by atoms with Gasteiger partial charge in [0, 0.05) is 27.3 Å². The van der Waals surface area contributed by atoms with Gasteiger partial charge < -0.3 is 9.88 Å². The average molecular weight is 347 g/mol. The lowest BCUT2D eigenvalue weighted by Crippen LogP contribution is -2.18. The summed E-state index contributed by atoms with van der Waals surface area (Å²) in [6.45, 7) is 0.182. The van der Waals surface area contributed by atoms with Crippen molar-refractivity contribution in [3.63, 3.8) is 0 Å². The van der Waals surface area contributed by atoms with Crippen molar-refractivity contribution in [3.05, 3.63) is 65.0 Å². The fourth-order valence-electron chi connectivity index (χ4n) is 2.23. The summed E-state index contributed by atoms with van der Waals surface area (Å²) in [4.78, 5) is 12.1. The Kier molecular flexibility index (Phi) is 3.75. The van der Waals surface area contributed by atoms with E-state index in [2.05, 4.69) is 21.2 Å². The molecule has 0 spiro atoms. The summed E-state index contributed by atoms with van der Waals surface area (Å²) in [5.74, 6) is -0.409. The Morgan fingerprint density at radius 2 is 2.05 bits per heavy atom. The molecule has 2 aromatic carbocycles. The van der Waals surface area contributed by atoms with Gasteiger partial charge in [-0.15, -0.1) is 0 Å². The Morgan fingerprint density at radius 1 is 1.19 bits per heavy atom. The topological polar surface area (TPSA) is 34.0 Å². The molecular weight excluding hydrogens is 335 g/mol. The van der Waals surface area contributed by atoms with Crippen molar-refractivity contribution >= 4 is 38.4 Å². The third-order valence-electron chi connectivity index (χ3n) is 3.16. The number of nitrogens with one attached hydrogen (secondary N) is 1. The zero-order valence-electron chi connectivity index (χ0n) is 11.0.